The van der Waals surface area contributed by atoms with Crippen LogP contribution in [0.1, 0.15) is 27.6 Å². The van der Waals surface area contributed by atoms with Gasteiger partial charge in [-0.1, -0.05) is 0 Å². The fourth-order valence-corrected chi connectivity index (χ4v) is 1.11. The smallest absolute Gasteiger partial charge is 0.335 e. The molecule has 1 aromatic carbocycles. The Kier molecular flexibility index (Phi) is 3.82. The number of aromatic carboxylic acids is 1. The molecule has 0 bridgehead atoms. The molecule has 6 nitrogen and oxygen atoms in total. The van der Waals surface area contributed by atoms with Crippen molar-refractivity contribution in [1.29, 1.82) is 0 Å². The van der Waals surface area contributed by atoms with Crippen LogP contribution in [0.4, 0.5) is 0 Å². The molecule has 0 aliphatic carbocycles. The molecule has 3 N–H and O–H groups in total. The van der Waals surface area contributed by atoms with Gasteiger partial charge in [0.05, 0.1) is 5.56 Å². The third-order valence-corrected chi connectivity index (χ3v) is 2.11. The first-order valence-electron chi connectivity index (χ1n) is 4.79. The lowest BCUT2D eigenvalue weighted by Crippen LogP contribution is -2.38. The van der Waals surface area contributed by atoms with Crippen molar-refractivity contribution in [2.75, 3.05) is 0 Å². The molecule has 1 atom stereocenters. The first-order valence-corrected chi connectivity index (χ1v) is 4.79. The number of nitrogens with one attached hydrogen (secondary N) is 1. The Labute approximate surface area is 96.9 Å². The van der Waals surface area contributed by atoms with Crippen LogP contribution in [0.25, 0.3) is 0 Å². The third kappa shape index (κ3) is 3.30. The first kappa shape index (κ1) is 12.7. The summed E-state index contributed by atoms with van der Waals surface area (Å²) in [5.41, 5.74) is 0.274. The summed E-state index contributed by atoms with van der Waals surface area (Å²) in [6.45, 7) is 1.34. The van der Waals surface area contributed by atoms with E-state index in [-0.39, 0.29) is 11.1 Å². The normalized spacial score (nSPS) is 11.6. The molecule has 0 heterocycles. The van der Waals surface area contributed by atoms with Crippen molar-refractivity contribution in [3.63, 3.8) is 0 Å². The molecular formula is C11H11NO5. The fourth-order valence-electron chi connectivity index (χ4n) is 1.11. The van der Waals surface area contributed by atoms with Gasteiger partial charge in [0, 0.05) is 5.56 Å². The number of hydrogen-bond donors (Lipinski definition) is 3. The maximum atomic E-state index is 11.5. The zero-order chi connectivity index (χ0) is 13.0. The number of carbonyl (C=O) groups excluding carboxylic acids is 1. The lowest BCUT2D eigenvalue weighted by atomic mass is 10.1. The summed E-state index contributed by atoms with van der Waals surface area (Å²) >= 11 is 0. The van der Waals surface area contributed by atoms with E-state index < -0.39 is 23.9 Å². The van der Waals surface area contributed by atoms with Gasteiger partial charge < -0.3 is 15.5 Å². The van der Waals surface area contributed by atoms with Crippen LogP contribution in [0.2, 0.25) is 0 Å². The third-order valence-electron chi connectivity index (χ3n) is 2.11. The Bertz CT molecular complexity index is 451. The van der Waals surface area contributed by atoms with Crippen LogP contribution in [-0.4, -0.2) is 34.1 Å². The predicted molar refractivity (Wildman–Crippen MR) is 58.0 cm³/mol. The number of aliphatic carboxylic acids is 1. The van der Waals surface area contributed by atoms with Crippen molar-refractivity contribution < 1.29 is 24.6 Å². The maximum absolute atomic E-state index is 11.5. The average Bonchev–Trinajstić information content (AvgIpc) is 2.28. The van der Waals surface area contributed by atoms with Crippen LogP contribution in [0.15, 0.2) is 24.3 Å². The lowest BCUT2D eigenvalue weighted by Gasteiger charge is -2.09. The van der Waals surface area contributed by atoms with Crippen molar-refractivity contribution in [3.8, 4) is 0 Å². The van der Waals surface area contributed by atoms with Crippen molar-refractivity contribution in [1.82, 2.24) is 5.32 Å². The van der Waals surface area contributed by atoms with Crippen molar-refractivity contribution in [3.05, 3.63) is 35.4 Å². The molecule has 0 spiro atoms. The van der Waals surface area contributed by atoms with E-state index in [0.29, 0.717) is 0 Å². The molecule has 0 aromatic heterocycles. The zero-order valence-electron chi connectivity index (χ0n) is 9.01. The number of rotatable bonds is 4. The van der Waals surface area contributed by atoms with Crippen LogP contribution < -0.4 is 5.32 Å². The SMILES string of the molecule is C[C@@H](NC(=O)c1ccc(C(=O)O)cc1)C(=O)O. The summed E-state index contributed by atoms with van der Waals surface area (Å²) in [6, 6.07) is 4.22. The van der Waals surface area contributed by atoms with Crippen LogP contribution in [0.5, 0.6) is 0 Å². The molecular weight excluding hydrogens is 226 g/mol. The molecule has 6 heteroatoms. The number of hydrogen-bond acceptors (Lipinski definition) is 3. The van der Waals surface area contributed by atoms with Crippen LogP contribution in [0.3, 0.4) is 0 Å². The second kappa shape index (κ2) is 5.11. The van der Waals surface area contributed by atoms with Gasteiger partial charge in [-0.2, -0.15) is 0 Å². The lowest BCUT2D eigenvalue weighted by molar-refractivity contribution is -0.138. The number of carboxylic acids is 2. The van der Waals surface area contributed by atoms with E-state index >= 15 is 0 Å². The van der Waals surface area contributed by atoms with E-state index in [9.17, 15) is 14.4 Å². The largest absolute Gasteiger partial charge is 0.480 e. The Hall–Kier alpha value is -2.37. The van der Waals surface area contributed by atoms with Gasteiger partial charge in [-0.15, -0.1) is 0 Å². The highest BCUT2D eigenvalue weighted by atomic mass is 16.4. The van der Waals surface area contributed by atoms with E-state index in [1.165, 1.54) is 31.2 Å². The number of carboxylic acid groups (broad SMARTS) is 2. The topological polar surface area (TPSA) is 104 Å². The van der Waals surface area contributed by atoms with E-state index in [2.05, 4.69) is 5.32 Å². The molecule has 0 aliphatic rings. The Morgan fingerprint density at radius 1 is 1.06 bits per heavy atom. The zero-order valence-corrected chi connectivity index (χ0v) is 9.01. The molecule has 0 saturated carbocycles. The highest BCUT2D eigenvalue weighted by Gasteiger charge is 2.15. The molecule has 0 fully saturated rings. The van der Waals surface area contributed by atoms with Gasteiger partial charge in [0.1, 0.15) is 6.04 Å². The average molecular weight is 237 g/mol. The highest BCUT2D eigenvalue weighted by Crippen LogP contribution is 2.04. The van der Waals surface area contributed by atoms with Crippen LogP contribution in [0, 0.1) is 0 Å². The Balaban J connectivity index is 2.77. The highest BCUT2D eigenvalue weighted by molar-refractivity contribution is 5.97. The molecule has 17 heavy (non-hydrogen) atoms. The standard InChI is InChI=1S/C11H11NO5/c1-6(10(14)15)12-9(13)7-2-4-8(5-3-7)11(16)17/h2-6H,1H3,(H,12,13)(H,14,15)(H,16,17)/t6-/m1/s1. The number of amides is 1. The van der Waals surface area contributed by atoms with E-state index in [1.54, 1.807) is 0 Å². The van der Waals surface area contributed by atoms with Crippen LogP contribution in [-0.2, 0) is 4.79 Å². The van der Waals surface area contributed by atoms with Gasteiger partial charge in [-0.05, 0) is 31.2 Å². The van der Waals surface area contributed by atoms with Crippen molar-refractivity contribution in [2.24, 2.45) is 0 Å². The minimum absolute atomic E-state index is 0.0628. The molecule has 0 radical (unpaired) electrons. The van der Waals surface area contributed by atoms with E-state index in [4.69, 9.17) is 10.2 Å². The van der Waals surface area contributed by atoms with Crippen molar-refractivity contribution in [2.45, 2.75) is 13.0 Å². The molecule has 1 aromatic rings. The summed E-state index contributed by atoms with van der Waals surface area (Å²) in [4.78, 5) is 32.6. The van der Waals surface area contributed by atoms with E-state index in [0.717, 1.165) is 0 Å². The molecule has 0 saturated heterocycles. The van der Waals surface area contributed by atoms with Gasteiger partial charge in [-0.25, -0.2) is 4.79 Å². The maximum Gasteiger partial charge on any atom is 0.335 e. The minimum atomic E-state index is -1.14. The molecule has 1 amide bonds. The monoisotopic (exact) mass is 237 g/mol. The first-order chi connectivity index (χ1) is 7.91. The van der Waals surface area contributed by atoms with Gasteiger partial charge in [-0.3, -0.25) is 9.59 Å². The summed E-state index contributed by atoms with van der Waals surface area (Å²) in [7, 11) is 0. The van der Waals surface area contributed by atoms with Gasteiger partial charge in [0.25, 0.3) is 5.91 Å². The van der Waals surface area contributed by atoms with E-state index in [1.807, 2.05) is 0 Å². The second-order valence-electron chi connectivity index (χ2n) is 3.42. The Morgan fingerprint density at radius 3 is 1.94 bits per heavy atom. The quantitative estimate of drug-likeness (QED) is 0.710. The number of carbonyl (C=O) groups is 3. The van der Waals surface area contributed by atoms with Crippen molar-refractivity contribution >= 4 is 17.8 Å². The predicted octanol–water partition coefficient (Wildman–Crippen LogP) is 0.588. The molecule has 90 valence electrons. The van der Waals surface area contributed by atoms with Crippen LogP contribution >= 0.6 is 0 Å². The summed E-state index contributed by atoms with van der Waals surface area (Å²) in [6.07, 6.45) is 0. The van der Waals surface area contributed by atoms with Gasteiger partial charge >= 0.3 is 11.9 Å². The van der Waals surface area contributed by atoms with Gasteiger partial charge in [0.15, 0.2) is 0 Å². The second-order valence-corrected chi connectivity index (χ2v) is 3.42. The molecule has 1 rings (SSSR count). The van der Waals surface area contributed by atoms with Gasteiger partial charge in [0.2, 0.25) is 0 Å². The summed E-state index contributed by atoms with van der Waals surface area (Å²) < 4.78 is 0. The Morgan fingerprint density at radius 2 is 1.53 bits per heavy atom. The summed E-state index contributed by atoms with van der Waals surface area (Å²) in [5, 5.41) is 19.5. The molecule has 0 unspecified atom stereocenters. The fraction of sp³-hybridized carbons (Fsp3) is 0.182. The minimum Gasteiger partial charge on any atom is -0.480 e. The molecule has 0 aliphatic heterocycles. The number of benzene rings is 1. The summed E-state index contributed by atoms with van der Waals surface area (Å²) in [5.74, 6) is -2.78.